The van der Waals surface area contributed by atoms with Gasteiger partial charge in [-0.05, 0) is 6.07 Å². The minimum Gasteiger partial charge on any atom is -0.423 e. The van der Waals surface area contributed by atoms with Crippen molar-refractivity contribution in [3.8, 4) is 0 Å². The topological polar surface area (TPSA) is 84.4 Å². The van der Waals surface area contributed by atoms with Crippen LogP contribution in [0.15, 0.2) is 22.6 Å². The lowest BCUT2D eigenvalue weighted by atomic mass is 10.1. The number of rotatable bonds is 3. The van der Waals surface area contributed by atoms with Gasteiger partial charge in [-0.25, -0.2) is 0 Å². The summed E-state index contributed by atoms with van der Waals surface area (Å²) >= 11 is 0. The standard InChI is InChI=1S/C11H12N4O3/c1-14(8-5-12-6-8)11-13-9-4-7(15(16)17)2-3-10(9)18-11/h2-4,8,12H,5-6H2,1H3. The number of hydrogen-bond acceptors (Lipinski definition) is 6. The van der Waals surface area contributed by atoms with Crippen LogP contribution >= 0.6 is 0 Å². The molecular formula is C11H12N4O3. The predicted octanol–water partition coefficient (Wildman–Crippen LogP) is 1.14. The van der Waals surface area contributed by atoms with E-state index in [0.29, 0.717) is 23.2 Å². The van der Waals surface area contributed by atoms with E-state index in [1.807, 2.05) is 11.9 Å². The van der Waals surface area contributed by atoms with Crippen molar-refractivity contribution in [1.82, 2.24) is 10.3 Å². The molecule has 18 heavy (non-hydrogen) atoms. The third-order valence-electron chi connectivity index (χ3n) is 3.18. The minimum atomic E-state index is -0.437. The number of nitrogens with one attached hydrogen (secondary N) is 1. The minimum absolute atomic E-state index is 0.0234. The molecule has 1 aromatic heterocycles. The number of aromatic nitrogens is 1. The van der Waals surface area contributed by atoms with Gasteiger partial charge >= 0.3 is 0 Å². The third kappa shape index (κ3) is 1.68. The molecule has 94 valence electrons. The molecule has 1 N–H and O–H groups in total. The summed E-state index contributed by atoms with van der Waals surface area (Å²) in [4.78, 5) is 16.5. The molecule has 1 fully saturated rings. The van der Waals surface area contributed by atoms with E-state index in [4.69, 9.17) is 4.42 Å². The summed E-state index contributed by atoms with van der Waals surface area (Å²) in [6.07, 6.45) is 0. The molecule has 0 bridgehead atoms. The van der Waals surface area contributed by atoms with Crippen LogP contribution in [0.3, 0.4) is 0 Å². The smallest absolute Gasteiger partial charge is 0.298 e. The quantitative estimate of drug-likeness (QED) is 0.647. The summed E-state index contributed by atoms with van der Waals surface area (Å²) in [5.41, 5.74) is 1.10. The second-order valence-electron chi connectivity index (χ2n) is 4.33. The van der Waals surface area contributed by atoms with Crippen LogP contribution in [0, 0.1) is 10.1 Å². The van der Waals surface area contributed by atoms with Crippen molar-refractivity contribution in [2.75, 3.05) is 25.0 Å². The van der Waals surface area contributed by atoms with Gasteiger partial charge < -0.3 is 14.6 Å². The van der Waals surface area contributed by atoms with Gasteiger partial charge in [0.1, 0.15) is 5.52 Å². The maximum absolute atomic E-state index is 10.7. The molecule has 7 nitrogen and oxygen atoms in total. The Kier molecular flexibility index (Phi) is 2.41. The van der Waals surface area contributed by atoms with E-state index in [1.165, 1.54) is 12.1 Å². The highest BCUT2D eigenvalue weighted by atomic mass is 16.6. The molecule has 1 saturated heterocycles. The van der Waals surface area contributed by atoms with Crippen LogP contribution in [0.1, 0.15) is 0 Å². The van der Waals surface area contributed by atoms with E-state index in [0.717, 1.165) is 13.1 Å². The molecule has 7 heteroatoms. The predicted molar refractivity (Wildman–Crippen MR) is 65.7 cm³/mol. The van der Waals surface area contributed by atoms with Crippen LogP contribution in [0.5, 0.6) is 0 Å². The third-order valence-corrected chi connectivity index (χ3v) is 3.18. The second-order valence-corrected chi connectivity index (χ2v) is 4.33. The lowest BCUT2D eigenvalue weighted by Crippen LogP contribution is -2.56. The summed E-state index contributed by atoms with van der Waals surface area (Å²) in [6.45, 7) is 1.80. The number of nitrogens with zero attached hydrogens (tertiary/aromatic N) is 3. The average Bonchev–Trinajstić information content (AvgIpc) is 2.68. The maximum Gasteiger partial charge on any atom is 0.298 e. The van der Waals surface area contributed by atoms with Gasteiger partial charge in [0.25, 0.3) is 11.7 Å². The largest absolute Gasteiger partial charge is 0.423 e. The summed E-state index contributed by atoms with van der Waals surface area (Å²) in [7, 11) is 1.91. The van der Waals surface area contributed by atoms with Crippen LogP contribution in [0.25, 0.3) is 11.1 Å². The number of likely N-dealkylation sites (N-methyl/N-ethyl adjacent to an activating group) is 1. The van der Waals surface area contributed by atoms with Gasteiger partial charge in [0, 0.05) is 32.3 Å². The van der Waals surface area contributed by atoms with E-state index in [9.17, 15) is 10.1 Å². The van der Waals surface area contributed by atoms with Crippen LogP contribution in [-0.4, -0.2) is 36.1 Å². The Balaban J connectivity index is 1.97. The van der Waals surface area contributed by atoms with E-state index in [1.54, 1.807) is 6.07 Å². The molecule has 1 aliphatic rings. The van der Waals surface area contributed by atoms with E-state index < -0.39 is 4.92 Å². The molecule has 0 saturated carbocycles. The lowest BCUT2D eigenvalue weighted by molar-refractivity contribution is -0.384. The van der Waals surface area contributed by atoms with E-state index in [2.05, 4.69) is 10.3 Å². The summed E-state index contributed by atoms with van der Waals surface area (Å²) in [5, 5.41) is 13.8. The van der Waals surface area contributed by atoms with Crippen LogP contribution < -0.4 is 10.2 Å². The van der Waals surface area contributed by atoms with Crippen molar-refractivity contribution in [3.05, 3.63) is 28.3 Å². The van der Waals surface area contributed by atoms with Crippen molar-refractivity contribution >= 4 is 22.8 Å². The first-order valence-electron chi connectivity index (χ1n) is 5.63. The molecule has 3 rings (SSSR count). The van der Waals surface area contributed by atoms with Crippen LogP contribution in [0.4, 0.5) is 11.7 Å². The van der Waals surface area contributed by atoms with Gasteiger partial charge in [-0.1, -0.05) is 0 Å². The maximum atomic E-state index is 10.7. The Hall–Kier alpha value is -2.15. The number of non-ortho nitro benzene ring substituents is 1. The molecule has 2 heterocycles. The number of benzene rings is 1. The monoisotopic (exact) mass is 248 g/mol. The number of hydrogen-bond donors (Lipinski definition) is 1. The molecule has 0 unspecified atom stereocenters. The Labute approximate surface area is 103 Å². The first-order valence-corrected chi connectivity index (χ1v) is 5.63. The molecule has 0 radical (unpaired) electrons. The fraction of sp³-hybridized carbons (Fsp3) is 0.364. The van der Waals surface area contributed by atoms with Gasteiger partial charge in [-0.15, -0.1) is 0 Å². The number of oxazole rings is 1. The van der Waals surface area contributed by atoms with Gasteiger partial charge in [-0.2, -0.15) is 4.98 Å². The first-order chi connectivity index (χ1) is 8.65. The van der Waals surface area contributed by atoms with E-state index >= 15 is 0 Å². The summed E-state index contributed by atoms with van der Waals surface area (Å²) in [5.74, 6) is 0. The van der Waals surface area contributed by atoms with Crippen molar-refractivity contribution in [1.29, 1.82) is 0 Å². The Bertz CT molecular complexity index is 605. The zero-order valence-corrected chi connectivity index (χ0v) is 9.79. The molecule has 0 aliphatic carbocycles. The molecule has 1 aromatic carbocycles. The van der Waals surface area contributed by atoms with Crippen LogP contribution in [0.2, 0.25) is 0 Å². The highest BCUT2D eigenvalue weighted by Gasteiger charge is 2.25. The number of fused-ring (bicyclic) bond motifs is 1. The van der Waals surface area contributed by atoms with Crippen molar-refractivity contribution in [2.24, 2.45) is 0 Å². The Morgan fingerprint density at radius 2 is 2.33 bits per heavy atom. The van der Waals surface area contributed by atoms with Gasteiger partial charge in [0.2, 0.25) is 0 Å². The molecule has 0 spiro atoms. The fourth-order valence-electron chi connectivity index (χ4n) is 1.87. The highest BCUT2D eigenvalue weighted by Crippen LogP contribution is 2.26. The molecular weight excluding hydrogens is 236 g/mol. The molecule has 2 aromatic rings. The molecule has 0 atom stereocenters. The number of anilines is 1. The average molecular weight is 248 g/mol. The first kappa shape index (κ1) is 11.0. The Morgan fingerprint density at radius 1 is 1.56 bits per heavy atom. The van der Waals surface area contributed by atoms with Gasteiger partial charge in [0.15, 0.2) is 5.58 Å². The highest BCUT2D eigenvalue weighted by molar-refractivity contribution is 5.77. The van der Waals surface area contributed by atoms with Crippen molar-refractivity contribution in [2.45, 2.75) is 6.04 Å². The fourth-order valence-corrected chi connectivity index (χ4v) is 1.87. The number of nitro groups is 1. The molecule has 1 aliphatic heterocycles. The van der Waals surface area contributed by atoms with Gasteiger partial charge in [-0.3, -0.25) is 10.1 Å². The number of nitro benzene ring substituents is 1. The zero-order chi connectivity index (χ0) is 12.7. The normalized spacial score (nSPS) is 15.6. The summed E-state index contributed by atoms with van der Waals surface area (Å²) < 4.78 is 5.59. The van der Waals surface area contributed by atoms with Gasteiger partial charge in [0.05, 0.1) is 11.0 Å². The summed E-state index contributed by atoms with van der Waals surface area (Å²) in [6, 6.07) is 5.29. The lowest BCUT2D eigenvalue weighted by Gasteiger charge is -2.34. The Morgan fingerprint density at radius 3 is 2.94 bits per heavy atom. The second kappa shape index (κ2) is 3.95. The SMILES string of the molecule is CN(c1nc2cc([N+](=O)[O-])ccc2o1)C1CNC1. The van der Waals surface area contributed by atoms with Crippen molar-refractivity contribution < 1.29 is 9.34 Å². The van der Waals surface area contributed by atoms with Crippen molar-refractivity contribution in [3.63, 3.8) is 0 Å². The molecule has 0 amide bonds. The van der Waals surface area contributed by atoms with Crippen LogP contribution in [-0.2, 0) is 0 Å². The zero-order valence-electron chi connectivity index (χ0n) is 9.79. The van der Waals surface area contributed by atoms with E-state index in [-0.39, 0.29) is 5.69 Å².